The molecule has 2 aromatic rings. The summed E-state index contributed by atoms with van der Waals surface area (Å²) in [6, 6.07) is 9.73. The molecule has 0 spiro atoms. The second-order valence-corrected chi connectivity index (χ2v) is 7.92. The highest BCUT2D eigenvalue weighted by atomic mass is 16.2. The lowest BCUT2D eigenvalue weighted by Gasteiger charge is -2.25. The van der Waals surface area contributed by atoms with Gasteiger partial charge in [0.1, 0.15) is 5.82 Å². The van der Waals surface area contributed by atoms with Crippen molar-refractivity contribution in [3.63, 3.8) is 0 Å². The molecule has 27 heavy (non-hydrogen) atoms. The Hall–Kier alpha value is -2.83. The Morgan fingerprint density at radius 3 is 2.52 bits per heavy atom. The third kappa shape index (κ3) is 4.30. The topological polar surface area (TPSA) is 79.3 Å². The lowest BCUT2D eigenvalue weighted by Crippen LogP contribution is -2.39. The average Bonchev–Trinajstić information content (AvgIpc) is 3.22. The van der Waals surface area contributed by atoms with Gasteiger partial charge in [-0.3, -0.25) is 10.1 Å². The minimum atomic E-state index is -0.278. The van der Waals surface area contributed by atoms with Crippen LogP contribution in [0.5, 0.6) is 0 Å². The maximum Gasteiger partial charge on any atom is 0.323 e. The first-order valence-electron chi connectivity index (χ1n) is 9.22. The van der Waals surface area contributed by atoms with Crippen molar-refractivity contribution in [2.45, 2.75) is 45.7 Å². The van der Waals surface area contributed by atoms with Gasteiger partial charge in [-0.15, -0.1) is 0 Å². The monoisotopic (exact) mass is 369 g/mol. The molecular formula is C20H27N5O2. The minimum Gasteiger partial charge on any atom is -0.352 e. The van der Waals surface area contributed by atoms with E-state index in [0.29, 0.717) is 18.9 Å². The highest BCUT2D eigenvalue weighted by molar-refractivity contribution is 5.93. The van der Waals surface area contributed by atoms with Gasteiger partial charge >= 0.3 is 6.03 Å². The molecule has 1 aromatic heterocycles. The van der Waals surface area contributed by atoms with Crippen molar-refractivity contribution in [3.05, 3.63) is 36.5 Å². The molecule has 1 aliphatic rings. The number of likely N-dealkylation sites (tertiary alicyclic amines) is 1. The fourth-order valence-electron chi connectivity index (χ4n) is 3.34. The van der Waals surface area contributed by atoms with Crippen LogP contribution in [0.4, 0.5) is 10.6 Å². The summed E-state index contributed by atoms with van der Waals surface area (Å²) in [5.41, 5.74) is 1.61. The molecule has 3 rings (SSSR count). The molecule has 0 radical (unpaired) electrons. The molecule has 1 atom stereocenters. The Bertz CT molecular complexity index is 823. The summed E-state index contributed by atoms with van der Waals surface area (Å²) in [5, 5.41) is 10.5. The summed E-state index contributed by atoms with van der Waals surface area (Å²) in [5.74, 6) is 0.612. The first kappa shape index (κ1) is 18.9. The summed E-state index contributed by atoms with van der Waals surface area (Å²) in [7, 11) is 0. The van der Waals surface area contributed by atoms with E-state index in [0.717, 1.165) is 17.5 Å². The van der Waals surface area contributed by atoms with Crippen molar-refractivity contribution in [2.75, 3.05) is 18.4 Å². The Morgan fingerprint density at radius 2 is 1.89 bits per heavy atom. The standard InChI is InChI=1S/C20H27N5O2/c1-14(26)22-16-10-11-24(13-16)19(27)23-18-17(15-8-6-5-7-9-15)12-21-25(18)20(2,3)4/h5-9,12,16H,10-11,13H2,1-4H3,(H,22,26)(H,23,27)/t16-/m1/s1. The molecule has 0 saturated carbocycles. The third-order valence-corrected chi connectivity index (χ3v) is 4.60. The van der Waals surface area contributed by atoms with Crippen LogP contribution in [0.1, 0.15) is 34.1 Å². The molecule has 7 heteroatoms. The molecule has 144 valence electrons. The molecule has 0 bridgehead atoms. The predicted octanol–water partition coefficient (Wildman–Crippen LogP) is 3.05. The van der Waals surface area contributed by atoms with Crippen LogP contribution in [0.3, 0.4) is 0 Å². The number of carbonyl (C=O) groups is 2. The number of rotatable bonds is 3. The van der Waals surface area contributed by atoms with E-state index in [2.05, 4.69) is 15.7 Å². The fourth-order valence-corrected chi connectivity index (χ4v) is 3.34. The number of hydrogen-bond acceptors (Lipinski definition) is 3. The van der Waals surface area contributed by atoms with Gasteiger partial charge in [-0.1, -0.05) is 30.3 Å². The first-order valence-corrected chi connectivity index (χ1v) is 9.22. The van der Waals surface area contributed by atoms with E-state index in [-0.39, 0.29) is 23.5 Å². The van der Waals surface area contributed by atoms with Crippen LogP contribution >= 0.6 is 0 Å². The van der Waals surface area contributed by atoms with Gasteiger partial charge in [-0.2, -0.15) is 5.10 Å². The van der Waals surface area contributed by atoms with Gasteiger partial charge in [-0.05, 0) is 32.8 Å². The Balaban J connectivity index is 1.84. The van der Waals surface area contributed by atoms with E-state index >= 15 is 0 Å². The first-order chi connectivity index (χ1) is 12.8. The fraction of sp³-hybridized carbons (Fsp3) is 0.450. The van der Waals surface area contributed by atoms with Crippen molar-refractivity contribution in [2.24, 2.45) is 0 Å². The van der Waals surface area contributed by atoms with Crippen LogP contribution in [0, 0.1) is 0 Å². The van der Waals surface area contributed by atoms with Crippen molar-refractivity contribution < 1.29 is 9.59 Å². The normalized spacial score (nSPS) is 17.0. The van der Waals surface area contributed by atoms with E-state index < -0.39 is 0 Å². The van der Waals surface area contributed by atoms with Crippen molar-refractivity contribution in [1.29, 1.82) is 0 Å². The lowest BCUT2D eigenvalue weighted by atomic mass is 10.1. The van der Waals surface area contributed by atoms with Crippen molar-refractivity contribution in [3.8, 4) is 11.1 Å². The second-order valence-electron chi connectivity index (χ2n) is 7.92. The largest absolute Gasteiger partial charge is 0.352 e. The van der Waals surface area contributed by atoms with Gasteiger partial charge < -0.3 is 10.2 Å². The minimum absolute atomic E-state index is 0.00868. The van der Waals surface area contributed by atoms with Crippen LogP contribution in [-0.4, -0.2) is 45.8 Å². The number of nitrogens with zero attached hydrogens (tertiary/aromatic N) is 3. The van der Waals surface area contributed by atoms with Crippen LogP contribution in [0.2, 0.25) is 0 Å². The number of nitrogens with one attached hydrogen (secondary N) is 2. The Morgan fingerprint density at radius 1 is 1.19 bits per heavy atom. The van der Waals surface area contributed by atoms with E-state index in [1.807, 2.05) is 55.8 Å². The second kappa shape index (κ2) is 7.42. The van der Waals surface area contributed by atoms with E-state index in [9.17, 15) is 9.59 Å². The van der Waals surface area contributed by atoms with Gasteiger partial charge in [0.2, 0.25) is 5.91 Å². The van der Waals surface area contributed by atoms with Gasteiger partial charge in [0, 0.05) is 31.6 Å². The van der Waals surface area contributed by atoms with Crippen molar-refractivity contribution in [1.82, 2.24) is 20.0 Å². The number of anilines is 1. The maximum atomic E-state index is 12.9. The molecule has 1 aromatic carbocycles. The Labute approximate surface area is 159 Å². The number of aromatic nitrogens is 2. The van der Waals surface area contributed by atoms with Crippen molar-refractivity contribution >= 4 is 17.8 Å². The van der Waals surface area contributed by atoms with Gasteiger partial charge in [-0.25, -0.2) is 9.48 Å². The number of hydrogen-bond donors (Lipinski definition) is 2. The molecule has 0 unspecified atom stereocenters. The number of urea groups is 1. The number of benzene rings is 1. The van der Waals surface area contributed by atoms with Crippen LogP contribution in [0.25, 0.3) is 11.1 Å². The molecule has 1 fully saturated rings. The van der Waals surface area contributed by atoms with Gasteiger partial charge in [0.25, 0.3) is 0 Å². The average molecular weight is 369 g/mol. The summed E-state index contributed by atoms with van der Waals surface area (Å²) < 4.78 is 1.84. The highest BCUT2D eigenvalue weighted by Crippen LogP contribution is 2.32. The maximum absolute atomic E-state index is 12.9. The van der Waals surface area contributed by atoms with Gasteiger partial charge in [0.15, 0.2) is 0 Å². The number of amides is 3. The van der Waals surface area contributed by atoms with Crippen LogP contribution in [0.15, 0.2) is 36.5 Å². The molecule has 2 heterocycles. The molecular weight excluding hydrogens is 342 g/mol. The molecule has 3 amide bonds. The number of carbonyl (C=O) groups excluding carboxylic acids is 2. The highest BCUT2D eigenvalue weighted by Gasteiger charge is 2.29. The Kier molecular flexibility index (Phi) is 5.21. The predicted molar refractivity (Wildman–Crippen MR) is 105 cm³/mol. The SMILES string of the molecule is CC(=O)N[C@@H]1CCN(C(=O)Nc2c(-c3ccccc3)cnn2C(C)(C)C)C1. The summed E-state index contributed by atoms with van der Waals surface area (Å²) in [6.45, 7) is 8.76. The quantitative estimate of drug-likeness (QED) is 0.873. The summed E-state index contributed by atoms with van der Waals surface area (Å²) in [4.78, 5) is 25.8. The third-order valence-electron chi connectivity index (χ3n) is 4.60. The zero-order valence-corrected chi connectivity index (χ0v) is 16.3. The summed E-state index contributed by atoms with van der Waals surface area (Å²) in [6.07, 6.45) is 2.55. The van der Waals surface area contributed by atoms with E-state index in [1.165, 1.54) is 6.92 Å². The van der Waals surface area contributed by atoms with Crippen LogP contribution in [-0.2, 0) is 10.3 Å². The molecule has 0 aliphatic carbocycles. The zero-order valence-electron chi connectivity index (χ0n) is 16.3. The molecule has 7 nitrogen and oxygen atoms in total. The molecule has 1 saturated heterocycles. The van der Waals surface area contributed by atoms with Crippen LogP contribution < -0.4 is 10.6 Å². The smallest absolute Gasteiger partial charge is 0.323 e. The van der Waals surface area contributed by atoms with E-state index in [4.69, 9.17) is 0 Å². The van der Waals surface area contributed by atoms with E-state index in [1.54, 1.807) is 11.1 Å². The molecule has 1 aliphatic heterocycles. The summed E-state index contributed by atoms with van der Waals surface area (Å²) >= 11 is 0. The zero-order chi connectivity index (χ0) is 19.6. The van der Waals surface area contributed by atoms with Gasteiger partial charge in [0.05, 0.1) is 11.7 Å². The molecule has 2 N–H and O–H groups in total. The lowest BCUT2D eigenvalue weighted by molar-refractivity contribution is -0.119.